The van der Waals surface area contributed by atoms with Crippen LogP contribution in [0.4, 0.5) is 5.69 Å². The molecule has 4 heteroatoms. The molecule has 3 rings (SSSR count). The van der Waals surface area contributed by atoms with Crippen LogP contribution in [0.2, 0.25) is 0 Å². The van der Waals surface area contributed by atoms with Crippen molar-refractivity contribution >= 4 is 11.6 Å². The van der Waals surface area contributed by atoms with Crippen molar-refractivity contribution in [1.29, 1.82) is 0 Å². The van der Waals surface area contributed by atoms with Crippen LogP contribution in [0, 0.1) is 0 Å². The lowest BCUT2D eigenvalue weighted by atomic mass is 10.1. The van der Waals surface area contributed by atoms with Gasteiger partial charge < -0.3 is 9.42 Å². The van der Waals surface area contributed by atoms with E-state index in [9.17, 15) is 4.79 Å². The van der Waals surface area contributed by atoms with Crippen molar-refractivity contribution in [3.05, 3.63) is 47.9 Å². The Morgan fingerprint density at radius 2 is 2.24 bits per heavy atom. The van der Waals surface area contributed by atoms with Gasteiger partial charge >= 0.3 is 0 Å². The molecule has 0 saturated heterocycles. The van der Waals surface area contributed by atoms with Gasteiger partial charge in [0, 0.05) is 17.8 Å². The average Bonchev–Trinajstić information content (AvgIpc) is 2.94. The van der Waals surface area contributed by atoms with E-state index in [1.54, 1.807) is 11.0 Å². The Morgan fingerprint density at radius 1 is 1.41 bits per heavy atom. The first-order valence-corrected chi connectivity index (χ1v) is 5.59. The molecule has 1 aromatic carbocycles. The van der Waals surface area contributed by atoms with Crippen LogP contribution in [0.15, 0.2) is 41.1 Å². The highest BCUT2D eigenvalue weighted by molar-refractivity contribution is 6.06. The van der Waals surface area contributed by atoms with E-state index in [2.05, 4.69) is 11.2 Å². The van der Waals surface area contributed by atoms with E-state index >= 15 is 0 Å². The molecule has 0 aliphatic carbocycles. The highest BCUT2D eigenvalue weighted by Crippen LogP contribution is 2.32. The van der Waals surface area contributed by atoms with Gasteiger partial charge in [-0.25, -0.2) is 0 Å². The number of benzene rings is 1. The van der Waals surface area contributed by atoms with Gasteiger partial charge in [-0.1, -0.05) is 23.4 Å². The monoisotopic (exact) mass is 228 g/mol. The summed E-state index contributed by atoms with van der Waals surface area (Å²) in [4.78, 5) is 14.1. The lowest BCUT2D eigenvalue weighted by Crippen LogP contribution is -2.35. The Hall–Kier alpha value is -2.10. The van der Waals surface area contributed by atoms with Gasteiger partial charge in [-0.15, -0.1) is 0 Å². The van der Waals surface area contributed by atoms with E-state index in [0.29, 0.717) is 5.69 Å². The smallest absolute Gasteiger partial charge is 0.280 e. The predicted molar refractivity (Wildman–Crippen MR) is 62.9 cm³/mol. The quantitative estimate of drug-likeness (QED) is 0.752. The van der Waals surface area contributed by atoms with E-state index in [-0.39, 0.29) is 11.9 Å². The first-order valence-electron chi connectivity index (χ1n) is 5.59. The Labute approximate surface area is 98.8 Å². The third kappa shape index (κ3) is 1.53. The minimum atomic E-state index is -0.101. The zero-order valence-electron chi connectivity index (χ0n) is 9.46. The Morgan fingerprint density at radius 3 is 3.00 bits per heavy atom. The standard InChI is InChI=1S/C13H12N2O2/c1-9-8-10-4-2-3-5-12(10)15(9)13(16)11-6-7-17-14-11/h2-7,9H,8H2,1H3. The molecule has 0 saturated carbocycles. The first-order chi connectivity index (χ1) is 8.27. The van der Waals surface area contributed by atoms with Gasteiger partial charge in [-0.3, -0.25) is 4.79 Å². The summed E-state index contributed by atoms with van der Waals surface area (Å²) in [5, 5.41) is 3.70. The number of nitrogens with zero attached hydrogens (tertiary/aromatic N) is 2. The maximum absolute atomic E-state index is 12.3. The molecule has 2 aromatic rings. The summed E-state index contributed by atoms with van der Waals surface area (Å²) in [6, 6.07) is 9.72. The number of aromatic nitrogens is 1. The first kappa shape index (κ1) is 10.1. The summed E-state index contributed by atoms with van der Waals surface area (Å²) in [5.74, 6) is -0.101. The van der Waals surface area contributed by atoms with Crippen LogP contribution in [0.1, 0.15) is 23.0 Å². The molecule has 0 radical (unpaired) electrons. The number of amides is 1. The minimum absolute atomic E-state index is 0.101. The fourth-order valence-electron chi connectivity index (χ4n) is 2.32. The van der Waals surface area contributed by atoms with Crippen molar-refractivity contribution in [2.75, 3.05) is 4.90 Å². The molecule has 0 bridgehead atoms. The molecular weight excluding hydrogens is 216 g/mol. The number of anilines is 1. The van der Waals surface area contributed by atoms with Crippen molar-refractivity contribution in [3.63, 3.8) is 0 Å². The van der Waals surface area contributed by atoms with E-state index < -0.39 is 0 Å². The van der Waals surface area contributed by atoms with E-state index in [1.165, 1.54) is 11.8 Å². The summed E-state index contributed by atoms with van der Waals surface area (Å²) in [6.45, 7) is 2.04. The summed E-state index contributed by atoms with van der Waals surface area (Å²) >= 11 is 0. The predicted octanol–water partition coefficient (Wildman–Crippen LogP) is 2.27. The second-order valence-electron chi connectivity index (χ2n) is 4.24. The number of rotatable bonds is 1. The van der Waals surface area contributed by atoms with Gasteiger partial charge in [0.1, 0.15) is 6.26 Å². The molecule has 1 amide bonds. The molecule has 1 aliphatic heterocycles. The number of carbonyl (C=O) groups excluding carboxylic acids is 1. The van der Waals surface area contributed by atoms with Crippen LogP contribution in [0.3, 0.4) is 0 Å². The van der Waals surface area contributed by atoms with Gasteiger partial charge in [0.05, 0.1) is 0 Å². The molecule has 1 atom stereocenters. The number of carbonyl (C=O) groups is 1. The molecule has 1 aliphatic rings. The Kier molecular flexibility index (Phi) is 2.21. The largest absolute Gasteiger partial charge is 0.364 e. The Balaban J connectivity index is 2.01. The fraction of sp³-hybridized carbons (Fsp3) is 0.231. The van der Waals surface area contributed by atoms with Crippen LogP contribution in [0.25, 0.3) is 0 Å². The van der Waals surface area contributed by atoms with Crippen molar-refractivity contribution in [1.82, 2.24) is 5.16 Å². The number of para-hydroxylation sites is 1. The van der Waals surface area contributed by atoms with Gasteiger partial charge in [-0.2, -0.15) is 0 Å². The highest BCUT2D eigenvalue weighted by atomic mass is 16.5. The summed E-state index contributed by atoms with van der Waals surface area (Å²) in [5.41, 5.74) is 2.54. The van der Waals surface area contributed by atoms with Crippen LogP contribution >= 0.6 is 0 Å². The van der Waals surface area contributed by atoms with Crippen molar-refractivity contribution in [2.24, 2.45) is 0 Å². The fourth-order valence-corrected chi connectivity index (χ4v) is 2.32. The van der Waals surface area contributed by atoms with Crippen LogP contribution in [-0.4, -0.2) is 17.1 Å². The summed E-state index contributed by atoms with van der Waals surface area (Å²) in [6.07, 6.45) is 2.31. The van der Waals surface area contributed by atoms with E-state index in [1.807, 2.05) is 25.1 Å². The maximum atomic E-state index is 12.3. The molecule has 17 heavy (non-hydrogen) atoms. The SMILES string of the molecule is CC1Cc2ccccc2N1C(=O)c1ccon1. The van der Waals surface area contributed by atoms with Crippen LogP contribution in [0.5, 0.6) is 0 Å². The van der Waals surface area contributed by atoms with Gasteiger partial charge in [-0.05, 0) is 25.0 Å². The van der Waals surface area contributed by atoms with E-state index in [0.717, 1.165) is 12.1 Å². The zero-order valence-corrected chi connectivity index (χ0v) is 9.46. The number of hydrogen-bond donors (Lipinski definition) is 0. The third-order valence-electron chi connectivity index (χ3n) is 3.08. The average molecular weight is 228 g/mol. The molecule has 0 N–H and O–H groups in total. The van der Waals surface area contributed by atoms with Gasteiger partial charge in [0.2, 0.25) is 0 Å². The van der Waals surface area contributed by atoms with Gasteiger partial charge in [0.25, 0.3) is 5.91 Å². The van der Waals surface area contributed by atoms with Crippen molar-refractivity contribution in [3.8, 4) is 0 Å². The lowest BCUT2D eigenvalue weighted by molar-refractivity contribution is 0.0972. The lowest BCUT2D eigenvalue weighted by Gasteiger charge is -2.21. The molecule has 1 unspecified atom stereocenters. The number of hydrogen-bond acceptors (Lipinski definition) is 3. The normalized spacial score (nSPS) is 18.2. The van der Waals surface area contributed by atoms with E-state index in [4.69, 9.17) is 4.52 Å². The molecule has 86 valence electrons. The number of fused-ring (bicyclic) bond motifs is 1. The zero-order chi connectivity index (χ0) is 11.8. The van der Waals surface area contributed by atoms with Crippen LogP contribution < -0.4 is 4.90 Å². The molecule has 0 spiro atoms. The minimum Gasteiger partial charge on any atom is -0.364 e. The molecular formula is C13H12N2O2. The van der Waals surface area contributed by atoms with Crippen molar-refractivity contribution in [2.45, 2.75) is 19.4 Å². The van der Waals surface area contributed by atoms with Crippen molar-refractivity contribution < 1.29 is 9.32 Å². The molecule has 1 aromatic heterocycles. The third-order valence-corrected chi connectivity index (χ3v) is 3.08. The molecule has 4 nitrogen and oxygen atoms in total. The second-order valence-corrected chi connectivity index (χ2v) is 4.24. The summed E-state index contributed by atoms with van der Waals surface area (Å²) < 4.78 is 4.72. The van der Waals surface area contributed by atoms with Gasteiger partial charge in [0.15, 0.2) is 5.69 Å². The maximum Gasteiger partial charge on any atom is 0.280 e. The highest BCUT2D eigenvalue weighted by Gasteiger charge is 2.32. The Bertz CT molecular complexity index is 548. The van der Waals surface area contributed by atoms with Crippen LogP contribution in [-0.2, 0) is 6.42 Å². The second kappa shape index (κ2) is 3.73. The molecule has 0 fully saturated rings. The summed E-state index contributed by atoms with van der Waals surface area (Å²) in [7, 11) is 0. The molecule has 2 heterocycles. The topological polar surface area (TPSA) is 46.3 Å².